The van der Waals surface area contributed by atoms with Crippen LogP contribution in [0.3, 0.4) is 0 Å². The molecule has 1 aromatic carbocycles. The number of hydrogen-bond acceptors (Lipinski definition) is 2. The van der Waals surface area contributed by atoms with Gasteiger partial charge in [-0.25, -0.2) is 0 Å². The summed E-state index contributed by atoms with van der Waals surface area (Å²) in [6.45, 7) is 1.90. The molecule has 0 amide bonds. The normalized spacial score (nSPS) is 20.7. The van der Waals surface area contributed by atoms with Crippen molar-refractivity contribution >= 4 is 21.7 Å². The van der Waals surface area contributed by atoms with Gasteiger partial charge in [0.1, 0.15) is 5.78 Å². The Kier molecular flexibility index (Phi) is 4.13. The summed E-state index contributed by atoms with van der Waals surface area (Å²) in [5.74, 6) is 0.569. The fraction of sp³-hybridized carbons (Fsp3) is 0.462. The lowest BCUT2D eigenvalue weighted by atomic mass is 9.91. The molecular formula is C13H16BrNO. The Labute approximate surface area is 105 Å². The molecule has 1 aromatic rings. The molecule has 1 atom stereocenters. The minimum Gasteiger partial charge on any atom is -0.316 e. The fourth-order valence-electron chi connectivity index (χ4n) is 2.10. The van der Waals surface area contributed by atoms with E-state index in [2.05, 4.69) is 21.2 Å². The summed E-state index contributed by atoms with van der Waals surface area (Å²) in [6.07, 6.45) is 2.70. The van der Waals surface area contributed by atoms with E-state index in [0.29, 0.717) is 12.2 Å². The molecule has 1 fully saturated rings. The van der Waals surface area contributed by atoms with Crippen molar-refractivity contribution in [3.63, 3.8) is 0 Å². The molecule has 1 heterocycles. The Bertz CT molecular complexity index is 372. The Morgan fingerprint density at radius 3 is 2.94 bits per heavy atom. The number of halogens is 1. The summed E-state index contributed by atoms with van der Waals surface area (Å²) in [4.78, 5) is 12.1. The van der Waals surface area contributed by atoms with Crippen molar-refractivity contribution in [1.82, 2.24) is 5.32 Å². The zero-order valence-electron chi connectivity index (χ0n) is 9.21. The number of ketones is 1. The maximum Gasteiger partial charge on any atom is 0.141 e. The van der Waals surface area contributed by atoms with Crippen molar-refractivity contribution in [1.29, 1.82) is 0 Å². The van der Waals surface area contributed by atoms with Crippen LogP contribution < -0.4 is 5.32 Å². The minimum atomic E-state index is 0.209. The maximum atomic E-state index is 12.1. The van der Waals surface area contributed by atoms with Crippen LogP contribution in [0.25, 0.3) is 0 Å². The lowest BCUT2D eigenvalue weighted by molar-refractivity contribution is -0.122. The van der Waals surface area contributed by atoms with E-state index >= 15 is 0 Å². The molecule has 1 saturated heterocycles. The Morgan fingerprint density at radius 2 is 2.25 bits per heavy atom. The fourth-order valence-corrected chi connectivity index (χ4v) is 2.53. The number of rotatable bonds is 3. The average Bonchev–Trinajstić information content (AvgIpc) is 2.33. The molecule has 1 N–H and O–H groups in total. The highest BCUT2D eigenvalue weighted by Crippen LogP contribution is 2.19. The number of hydrogen-bond donors (Lipinski definition) is 1. The van der Waals surface area contributed by atoms with Crippen molar-refractivity contribution in [2.45, 2.75) is 19.3 Å². The minimum absolute atomic E-state index is 0.209. The molecule has 0 bridgehead atoms. The first-order valence-electron chi connectivity index (χ1n) is 5.74. The molecular weight excluding hydrogens is 266 g/mol. The van der Waals surface area contributed by atoms with Crippen LogP contribution in [-0.4, -0.2) is 18.9 Å². The number of benzene rings is 1. The molecule has 0 radical (unpaired) electrons. The van der Waals surface area contributed by atoms with Crippen LogP contribution in [0.2, 0.25) is 0 Å². The molecule has 86 valence electrons. The zero-order chi connectivity index (χ0) is 11.4. The third-order valence-electron chi connectivity index (χ3n) is 3.07. The van der Waals surface area contributed by atoms with Gasteiger partial charge in [0, 0.05) is 23.4 Å². The second-order valence-corrected chi connectivity index (χ2v) is 5.13. The summed E-state index contributed by atoms with van der Waals surface area (Å²) < 4.78 is 1.03. The van der Waals surface area contributed by atoms with Crippen LogP contribution in [0, 0.1) is 5.92 Å². The Hall–Kier alpha value is -0.670. The van der Waals surface area contributed by atoms with E-state index in [1.54, 1.807) is 0 Å². The van der Waals surface area contributed by atoms with Crippen LogP contribution in [0.4, 0.5) is 0 Å². The van der Waals surface area contributed by atoms with Crippen LogP contribution in [-0.2, 0) is 11.2 Å². The Balaban J connectivity index is 1.99. The molecule has 1 aliphatic rings. The number of carbonyl (C=O) groups is 1. The molecule has 2 nitrogen and oxygen atoms in total. The van der Waals surface area contributed by atoms with E-state index in [1.807, 2.05) is 24.3 Å². The highest BCUT2D eigenvalue weighted by molar-refractivity contribution is 9.10. The van der Waals surface area contributed by atoms with E-state index in [4.69, 9.17) is 0 Å². The van der Waals surface area contributed by atoms with Gasteiger partial charge < -0.3 is 5.32 Å². The van der Waals surface area contributed by atoms with Crippen molar-refractivity contribution in [3.05, 3.63) is 34.3 Å². The largest absolute Gasteiger partial charge is 0.316 e. The maximum absolute atomic E-state index is 12.1. The second-order valence-electron chi connectivity index (χ2n) is 4.28. The summed E-state index contributed by atoms with van der Waals surface area (Å²) >= 11 is 3.48. The summed E-state index contributed by atoms with van der Waals surface area (Å²) in [7, 11) is 0. The van der Waals surface area contributed by atoms with Gasteiger partial charge in [0.2, 0.25) is 0 Å². The topological polar surface area (TPSA) is 29.1 Å². The standard InChI is InChI=1S/C13H16BrNO/c14-12-6-2-1-4-10(12)8-13(16)11-5-3-7-15-9-11/h1-2,4,6,11,15H,3,5,7-9H2. The summed E-state index contributed by atoms with van der Waals surface area (Å²) in [5, 5.41) is 3.28. The molecule has 0 aromatic heterocycles. The second kappa shape index (κ2) is 5.60. The first-order valence-corrected chi connectivity index (χ1v) is 6.53. The predicted molar refractivity (Wildman–Crippen MR) is 68.4 cm³/mol. The van der Waals surface area contributed by atoms with Crippen LogP contribution >= 0.6 is 15.9 Å². The summed E-state index contributed by atoms with van der Waals surface area (Å²) in [6, 6.07) is 7.95. The predicted octanol–water partition coefficient (Wildman–Crippen LogP) is 2.56. The number of Topliss-reactive ketones (excluding diaryl/α,β-unsaturated/α-hetero) is 1. The molecule has 16 heavy (non-hydrogen) atoms. The van der Waals surface area contributed by atoms with Gasteiger partial charge in [0.25, 0.3) is 0 Å². The first-order chi connectivity index (χ1) is 7.77. The van der Waals surface area contributed by atoms with Crippen LogP contribution in [0.15, 0.2) is 28.7 Å². The quantitative estimate of drug-likeness (QED) is 0.923. The molecule has 0 saturated carbocycles. The molecule has 1 unspecified atom stereocenters. The highest BCUT2D eigenvalue weighted by atomic mass is 79.9. The van der Waals surface area contributed by atoms with Gasteiger partial charge in [0.15, 0.2) is 0 Å². The van der Waals surface area contributed by atoms with Gasteiger partial charge in [-0.2, -0.15) is 0 Å². The average molecular weight is 282 g/mol. The van der Waals surface area contributed by atoms with Gasteiger partial charge >= 0.3 is 0 Å². The first kappa shape index (κ1) is 11.8. The lowest BCUT2D eigenvalue weighted by Gasteiger charge is -2.21. The number of carbonyl (C=O) groups excluding carboxylic acids is 1. The summed E-state index contributed by atoms with van der Waals surface area (Å²) in [5.41, 5.74) is 1.10. The molecule has 0 aliphatic carbocycles. The third-order valence-corrected chi connectivity index (χ3v) is 3.85. The van der Waals surface area contributed by atoms with Crippen molar-refractivity contribution < 1.29 is 4.79 Å². The molecule has 1 aliphatic heterocycles. The third kappa shape index (κ3) is 2.92. The molecule has 2 rings (SSSR count). The van der Waals surface area contributed by atoms with Gasteiger partial charge in [-0.05, 0) is 31.0 Å². The Morgan fingerprint density at radius 1 is 1.44 bits per heavy atom. The SMILES string of the molecule is O=C(Cc1ccccc1Br)C1CCCNC1. The van der Waals surface area contributed by atoms with Gasteiger partial charge in [-0.15, -0.1) is 0 Å². The van der Waals surface area contributed by atoms with Crippen LogP contribution in [0.5, 0.6) is 0 Å². The number of nitrogens with one attached hydrogen (secondary N) is 1. The van der Waals surface area contributed by atoms with E-state index in [9.17, 15) is 4.79 Å². The van der Waals surface area contributed by atoms with Crippen LogP contribution in [0.1, 0.15) is 18.4 Å². The van der Waals surface area contributed by atoms with E-state index in [-0.39, 0.29) is 5.92 Å². The van der Waals surface area contributed by atoms with Crippen molar-refractivity contribution in [3.8, 4) is 0 Å². The van der Waals surface area contributed by atoms with Crippen molar-refractivity contribution in [2.24, 2.45) is 5.92 Å². The van der Waals surface area contributed by atoms with E-state index in [1.165, 1.54) is 0 Å². The van der Waals surface area contributed by atoms with E-state index < -0.39 is 0 Å². The smallest absolute Gasteiger partial charge is 0.141 e. The van der Waals surface area contributed by atoms with Gasteiger partial charge in [0.05, 0.1) is 0 Å². The van der Waals surface area contributed by atoms with Crippen molar-refractivity contribution in [2.75, 3.05) is 13.1 Å². The monoisotopic (exact) mass is 281 g/mol. The zero-order valence-corrected chi connectivity index (χ0v) is 10.8. The molecule has 0 spiro atoms. The van der Waals surface area contributed by atoms with Gasteiger partial charge in [-0.1, -0.05) is 34.1 Å². The lowest BCUT2D eigenvalue weighted by Crippen LogP contribution is -2.35. The van der Waals surface area contributed by atoms with Gasteiger partial charge in [-0.3, -0.25) is 4.79 Å². The molecule has 3 heteroatoms. The highest BCUT2D eigenvalue weighted by Gasteiger charge is 2.21. The number of piperidine rings is 1. The van der Waals surface area contributed by atoms with E-state index in [0.717, 1.165) is 36.0 Å².